The van der Waals surface area contributed by atoms with Crippen molar-refractivity contribution < 1.29 is 18.0 Å². The van der Waals surface area contributed by atoms with Gasteiger partial charge in [0.25, 0.3) is 0 Å². The Balaban J connectivity index is 1.36. The molecule has 1 N–H and O–H groups in total. The molecular weight excluding hydrogens is 439 g/mol. The van der Waals surface area contributed by atoms with Gasteiger partial charge in [-0.05, 0) is 42.5 Å². The lowest BCUT2D eigenvalue weighted by Gasteiger charge is -2.13. The number of hydrogen-bond donors (Lipinski definition) is 1. The van der Waals surface area contributed by atoms with Gasteiger partial charge in [0.15, 0.2) is 0 Å². The Morgan fingerprint density at radius 3 is 2.41 bits per heavy atom. The molecule has 32 heavy (non-hydrogen) atoms. The molecule has 162 valence electrons. The van der Waals surface area contributed by atoms with Gasteiger partial charge >= 0.3 is 6.18 Å². The Morgan fingerprint density at radius 1 is 0.969 bits per heavy atom. The van der Waals surface area contributed by atoms with Gasteiger partial charge in [0, 0.05) is 18.0 Å². The lowest BCUT2D eigenvalue weighted by molar-refractivity contribution is -0.137. The molecule has 2 heterocycles. The fourth-order valence-electron chi connectivity index (χ4n) is 2.92. The zero-order valence-electron chi connectivity index (χ0n) is 16.5. The highest BCUT2D eigenvalue weighted by Gasteiger charge is 2.33. The van der Waals surface area contributed by atoms with Gasteiger partial charge in [0.1, 0.15) is 5.03 Å². The molecule has 0 fully saturated rings. The van der Waals surface area contributed by atoms with Crippen LogP contribution in [-0.2, 0) is 11.0 Å². The van der Waals surface area contributed by atoms with Crippen molar-refractivity contribution in [2.45, 2.75) is 11.2 Å². The minimum Gasteiger partial charge on any atom is -0.325 e. The molecule has 0 aliphatic rings. The number of nitrogens with zero attached hydrogens (tertiary/aromatic N) is 4. The Hall–Kier alpha value is -3.66. The lowest BCUT2D eigenvalue weighted by Crippen LogP contribution is -2.18. The van der Waals surface area contributed by atoms with Crippen molar-refractivity contribution >= 4 is 23.4 Å². The number of carbonyl (C=O) groups is 1. The third-order valence-electron chi connectivity index (χ3n) is 4.43. The summed E-state index contributed by atoms with van der Waals surface area (Å²) in [6.45, 7) is 0. The number of amides is 1. The Labute approximate surface area is 185 Å². The molecular formula is C22H16F3N5OS. The third-order valence-corrected chi connectivity index (χ3v) is 5.35. The first-order chi connectivity index (χ1) is 15.4. The van der Waals surface area contributed by atoms with Crippen LogP contribution in [0, 0.1) is 0 Å². The van der Waals surface area contributed by atoms with Gasteiger partial charge in [0.2, 0.25) is 5.91 Å². The Kier molecular flexibility index (Phi) is 6.22. The van der Waals surface area contributed by atoms with Crippen LogP contribution in [0.25, 0.3) is 16.9 Å². The molecule has 2 aromatic carbocycles. The molecule has 4 rings (SSSR count). The molecule has 0 radical (unpaired) electrons. The zero-order chi connectivity index (χ0) is 22.6. The first kappa shape index (κ1) is 21.6. The summed E-state index contributed by atoms with van der Waals surface area (Å²) in [7, 11) is 0. The largest absolute Gasteiger partial charge is 0.418 e. The lowest BCUT2D eigenvalue weighted by atomic mass is 10.1. The second-order valence-electron chi connectivity index (χ2n) is 6.63. The summed E-state index contributed by atoms with van der Waals surface area (Å²) in [5.41, 5.74) is 1.28. The van der Waals surface area contributed by atoms with E-state index >= 15 is 0 Å². The van der Waals surface area contributed by atoms with Crippen LogP contribution < -0.4 is 5.32 Å². The van der Waals surface area contributed by atoms with E-state index < -0.39 is 17.6 Å². The van der Waals surface area contributed by atoms with Gasteiger partial charge in [-0.3, -0.25) is 4.79 Å². The SMILES string of the molecule is O=C(CSc1ccc(-c2ccc(-n3cccn3)cc2)nn1)Nc1ccccc1C(F)(F)F. The van der Waals surface area contributed by atoms with E-state index in [-0.39, 0.29) is 11.4 Å². The summed E-state index contributed by atoms with van der Waals surface area (Å²) < 4.78 is 40.9. The van der Waals surface area contributed by atoms with E-state index in [9.17, 15) is 18.0 Å². The molecule has 0 saturated carbocycles. The molecule has 0 saturated heterocycles. The highest BCUT2D eigenvalue weighted by Crippen LogP contribution is 2.34. The highest BCUT2D eigenvalue weighted by molar-refractivity contribution is 7.99. The number of aromatic nitrogens is 4. The molecule has 10 heteroatoms. The summed E-state index contributed by atoms with van der Waals surface area (Å²) in [5, 5.41) is 15.2. The summed E-state index contributed by atoms with van der Waals surface area (Å²) in [5.74, 6) is -0.662. The number of benzene rings is 2. The van der Waals surface area contributed by atoms with Crippen molar-refractivity contribution in [1.29, 1.82) is 0 Å². The smallest absolute Gasteiger partial charge is 0.325 e. The van der Waals surface area contributed by atoms with Crippen LogP contribution >= 0.6 is 11.8 Å². The number of thioether (sulfide) groups is 1. The normalized spacial score (nSPS) is 11.3. The fraction of sp³-hybridized carbons (Fsp3) is 0.0909. The van der Waals surface area contributed by atoms with Crippen molar-refractivity contribution in [3.05, 3.63) is 84.7 Å². The number of anilines is 1. The average molecular weight is 455 g/mol. The minimum absolute atomic E-state index is 0.0984. The van der Waals surface area contributed by atoms with Crippen LogP contribution in [0.4, 0.5) is 18.9 Å². The monoisotopic (exact) mass is 455 g/mol. The van der Waals surface area contributed by atoms with Crippen LogP contribution in [0.5, 0.6) is 0 Å². The quantitative estimate of drug-likeness (QED) is 0.411. The van der Waals surface area contributed by atoms with Gasteiger partial charge in [-0.15, -0.1) is 10.2 Å². The van der Waals surface area contributed by atoms with E-state index in [4.69, 9.17) is 0 Å². The van der Waals surface area contributed by atoms with E-state index in [0.717, 1.165) is 29.1 Å². The molecule has 2 aromatic heterocycles. The van der Waals surface area contributed by atoms with Crippen LogP contribution in [0.2, 0.25) is 0 Å². The zero-order valence-corrected chi connectivity index (χ0v) is 17.3. The van der Waals surface area contributed by atoms with Gasteiger partial charge in [-0.25, -0.2) is 4.68 Å². The molecule has 0 atom stereocenters. The number of nitrogens with one attached hydrogen (secondary N) is 1. The van der Waals surface area contributed by atoms with Gasteiger partial charge in [-0.2, -0.15) is 18.3 Å². The number of halogens is 3. The fourth-order valence-corrected chi connectivity index (χ4v) is 3.54. The number of para-hydroxylation sites is 1. The third kappa shape index (κ3) is 5.14. The average Bonchev–Trinajstić information content (AvgIpc) is 3.33. The Morgan fingerprint density at radius 2 is 1.75 bits per heavy atom. The first-order valence-electron chi connectivity index (χ1n) is 9.43. The number of rotatable bonds is 6. The maximum Gasteiger partial charge on any atom is 0.418 e. The van der Waals surface area contributed by atoms with E-state index in [1.165, 1.54) is 18.2 Å². The summed E-state index contributed by atoms with van der Waals surface area (Å²) in [6.07, 6.45) is -1.00. The molecule has 0 aliphatic heterocycles. The predicted molar refractivity (Wildman–Crippen MR) is 115 cm³/mol. The molecule has 0 aliphatic carbocycles. The van der Waals surface area contributed by atoms with E-state index in [1.807, 2.05) is 36.5 Å². The van der Waals surface area contributed by atoms with Crippen molar-refractivity contribution in [1.82, 2.24) is 20.0 Å². The van der Waals surface area contributed by atoms with Gasteiger partial charge in [0.05, 0.1) is 28.4 Å². The molecule has 4 aromatic rings. The molecule has 1 amide bonds. The minimum atomic E-state index is -4.55. The topological polar surface area (TPSA) is 72.7 Å². The highest BCUT2D eigenvalue weighted by atomic mass is 32.2. The van der Waals surface area contributed by atoms with E-state index in [1.54, 1.807) is 23.0 Å². The molecule has 6 nitrogen and oxygen atoms in total. The van der Waals surface area contributed by atoms with E-state index in [2.05, 4.69) is 20.6 Å². The molecule has 0 spiro atoms. The van der Waals surface area contributed by atoms with Crippen molar-refractivity contribution in [3.8, 4) is 16.9 Å². The van der Waals surface area contributed by atoms with Crippen molar-refractivity contribution in [2.75, 3.05) is 11.1 Å². The Bertz CT molecular complexity index is 1190. The van der Waals surface area contributed by atoms with Crippen LogP contribution in [0.3, 0.4) is 0 Å². The first-order valence-corrected chi connectivity index (χ1v) is 10.4. The molecule has 0 unspecified atom stereocenters. The van der Waals surface area contributed by atoms with Gasteiger partial charge in [-0.1, -0.05) is 36.0 Å². The second kappa shape index (κ2) is 9.23. The standard InChI is InChI=1S/C22H16F3N5OS/c23-22(24,25)17-4-1-2-5-19(17)27-20(31)14-32-21-11-10-18(28-29-21)15-6-8-16(9-7-15)30-13-3-12-26-30/h1-13H,14H2,(H,27,31). The summed E-state index contributed by atoms with van der Waals surface area (Å²) in [6, 6.07) is 17.8. The van der Waals surface area contributed by atoms with Gasteiger partial charge < -0.3 is 5.32 Å². The second-order valence-corrected chi connectivity index (χ2v) is 7.63. The number of hydrogen-bond acceptors (Lipinski definition) is 5. The number of alkyl halides is 3. The number of carbonyl (C=O) groups excluding carboxylic acids is 1. The maximum absolute atomic E-state index is 13.0. The van der Waals surface area contributed by atoms with Crippen LogP contribution in [0.15, 0.2) is 84.1 Å². The summed E-state index contributed by atoms with van der Waals surface area (Å²) in [4.78, 5) is 12.1. The maximum atomic E-state index is 13.0. The van der Waals surface area contributed by atoms with E-state index in [0.29, 0.717) is 10.7 Å². The predicted octanol–water partition coefficient (Wildman–Crippen LogP) is 5.08. The van der Waals surface area contributed by atoms with Crippen LogP contribution in [0.1, 0.15) is 5.56 Å². The van der Waals surface area contributed by atoms with Crippen molar-refractivity contribution in [3.63, 3.8) is 0 Å². The summed E-state index contributed by atoms with van der Waals surface area (Å²) >= 11 is 1.09. The molecule has 0 bridgehead atoms. The van der Waals surface area contributed by atoms with Crippen LogP contribution in [-0.4, -0.2) is 31.6 Å². The van der Waals surface area contributed by atoms with Crippen molar-refractivity contribution in [2.24, 2.45) is 0 Å².